The van der Waals surface area contributed by atoms with Crippen LogP contribution in [0.3, 0.4) is 0 Å². The summed E-state index contributed by atoms with van der Waals surface area (Å²) in [6, 6.07) is 30.9. The summed E-state index contributed by atoms with van der Waals surface area (Å²) >= 11 is 6.02. The number of benzene rings is 2. The molecule has 12 nitrogen and oxygen atoms in total. The predicted molar refractivity (Wildman–Crippen MR) is 216 cm³/mol. The van der Waals surface area contributed by atoms with E-state index < -0.39 is 0 Å². The van der Waals surface area contributed by atoms with E-state index in [4.69, 9.17) is 22.3 Å². The third kappa shape index (κ3) is 7.71. The second-order valence-electron chi connectivity index (χ2n) is 12.9. The fraction of sp³-hybridized carbons (Fsp3) is 0.0952. The molecule has 13 heteroatoms. The van der Waals surface area contributed by atoms with Crippen LogP contribution in [0, 0.1) is 0 Å². The molecule has 7 N–H and O–H groups in total. The minimum atomic E-state index is -0.0232. The van der Waals surface area contributed by atoms with Crippen molar-refractivity contribution in [2.24, 2.45) is 0 Å². The SMILES string of the molecule is Nc1ccncc1.O=C1NCCc2[nH]c(-c3cccc4ccc(Cl)nc34)cc21.O=C1NCCc2[nH]c(-c3cccc4ccc(Nc5ccncc5)nc34)cc21. The van der Waals surface area contributed by atoms with Gasteiger partial charge in [-0.2, -0.15) is 0 Å². The van der Waals surface area contributed by atoms with Crippen molar-refractivity contribution in [2.75, 3.05) is 24.1 Å². The second-order valence-corrected chi connectivity index (χ2v) is 13.3. The molecule has 55 heavy (non-hydrogen) atoms. The molecule has 2 aliphatic heterocycles. The number of hydrogen-bond acceptors (Lipinski definition) is 8. The molecule has 2 aliphatic rings. The minimum Gasteiger partial charge on any atom is -0.399 e. The third-order valence-corrected chi connectivity index (χ3v) is 9.47. The summed E-state index contributed by atoms with van der Waals surface area (Å²) in [5.74, 6) is 0.715. The van der Waals surface area contributed by atoms with E-state index >= 15 is 0 Å². The zero-order valence-electron chi connectivity index (χ0n) is 29.4. The highest BCUT2D eigenvalue weighted by Gasteiger charge is 2.22. The maximum atomic E-state index is 12.1. The number of rotatable bonds is 4. The lowest BCUT2D eigenvalue weighted by Gasteiger charge is -2.11. The van der Waals surface area contributed by atoms with Crippen molar-refractivity contribution >= 4 is 62.4 Å². The van der Waals surface area contributed by atoms with Gasteiger partial charge in [0.05, 0.1) is 22.2 Å². The number of anilines is 3. The first-order valence-electron chi connectivity index (χ1n) is 17.7. The number of nitrogen functional groups attached to an aromatic ring is 1. The van der Waals surface area contributed by atoms with Crippen molar-refractivity contribution in [3.05, 3.63) is 150 Å². The molecule has 0 aliphatic carbocycles. The molecular weight excluding hydrogens is 712 g/mol. The van der Waals surface area contributed by atoms with Gasteiger partial charge in [-0.3, -0.25) is 19.6 Å². The Bertz CT molecular complexity index is 2660. The lowest BCUT2D eigenvalue weighted by molar-refractivity contribution is 0.0937. The number of aromatic amines is 2. The summed E-state index contributed by atoms with van der Waals surface area (Å²) in [6.07, 6.45) is 8.44. The van der Waals surface area contributed by atoms with Crippen LogP contribution in [0.1, 0.15) is 32.1 Å². The normalized spacial score (nSPS) is 13.0. The van der Waals surface area contributed by atoms with E-state index in [0.717, 1.165) is 96.9 Å². The molecule has 8 aromatic rings. The Morgan fingerprint density at radius 1 is 0.600 bits per heavy atom. The first-order valence-corrected chi connectivity index (χ1v) is 18.1. The van der Waals surface area contributed by atoms with Crippen LogP contribution in [0.25, 0.3) is 44.3 Å². The minimum absolute atomic E-state index is 0.0213. The van der Waals surface area contributed by atoms with Gasteiger partial charge < -0.3 is 31.7 Å². The first kappa shape index (κ1) is 35.0. The van der Waals surface area contributed by atoms with Gasteiger partial charge in [-0.05, 0) is 60.7 Å². The van der Waals surface area contributed by atoms with E-state index in [9.17, 15) is 9.59 Å². The number of amides is 2. The van der Waals surface area contributed by atoms with E-state index in [-0.39, 0.29) is 11.8 Å². The van der Waals surface area contributed by atoms with Gasteiger partial charge in [0.15, 0.2) is 0 Å². The summed E-state index contributed by atoms with van der Waals surface area (Å²) in [5, 5.41) is 11.6. The number of fused-ring (bicyclic) bond motifs is 4. The molecule has 0 spiro atoms. The average Bonchev–Trinajstić information content (AvgIpc) is 3.85. The van der Waals surface area contributed by atoms with Crippen LogP contribution in [-0.4, -0.2) is 54.8 Å². The summed E-state index contributed by atoms with van der Waals surface area (Å²) in [6.45, 7) is 1.34. The summed E-state index contributed by atoms with van der Waals surface area (Å²) < 4.78 is 0. The number of aromatic nitrogens is 6. The van der Waals surface area contributed by atoms with Crippen molar-refractivity contribution in [1.29, 1.82) is 0 Å². The Labute approximate surface area is 320 Å². The number of para-hydroxylation sites is 2. The molecule has 8 heterocycles. The summed E-state index contributed by atoms with van der Waals surface area (Å²) in [4.78, 5) is 47.8. The van der Waals surface area contributed by atoms with Gasteiger partial charge in [0.2, 0.25) is 0 Å². The van der Waals surface area contributed by atoms with Gasteiger partial charge in [-0.1, -0.05) is 48.0 Å². The molecule has 0 atom stereocenters. The van der Waals surface area contributed by atoms with Crippen LogP contribution in [-0.2, 0) is 12.8 Å². The molecule has 2 amide bonds. The largest absolute Gasteiger partial charge is 0.399 e. The number of carbonyl (C=O) groups excluding carboxylic acids is 2. The maximum absolute atomic E-state index is 12.1. The fourth-order valence-corrected chi connectivity index (χ4v) is 6.75. The molecule has 10 rings (SSSR count). The molecule has 0 unspecified atom stereocenters. The smallest absolute Gasteiger partial charge is 0.253 e. The van der Waals surface area contributed by atoms with Crippen LogP contribution < -0.4 is 21.7 Å². The van der Waals surface area contributed by atoms with Gasteiger partial charge in [0, 0.05) is 107 Å². The number of nitrogens with zero attached hydrogens (tertiary/aromatic N) is 4. The van der Waals surface area contributed by atoms with E-state index in [0.29, 0.717) is 18.2 Å². The second kappa shape index (κ2) is 15.5. The Morgan fingerprint density at radius 2 is 1.13 bits per heavy atom. The van der Waals surface area contributed by atoms with Gasteiger partial charge in [0.1, 0.15) is 11.0 Å². The van der Waals surface area contributed by atoms with Crippen molar-refractivity contribution in [2.45, 2.75) is 12.8 Å². The Balaban J connectivity index is 0.000000135. The topological polar surface area (TPSA) is 179 Å². The number of carbonyl (C=O) groups is 2. The van der Waals surface area contributed by atoms with Crippen LogP contribution >= 0.6 is 11.6 Å². The molecule has 0 bridgehead atoms. The predicted octanol–water partition coefficient (Wildman–Crippen LogP) is 7.49. The highest BCUT2D eigenvalue weighted by molar-refractivity contribution is 6.29. The Morgan fingerprint density at radius 3 is 1.65 bits per heavy atom. The van der Waals surface area contributed by atoms with E-state index in [2.05, 4.69) is 40.9 Å². The molecule has 6 aromatic heterocycles. The fourth-order valence-electron chi connectivity index (χ4n) is 6.60. The highest BCUT2D eigenvalue weighted by atomic mass is 35.5. The standard InChI is InChI=1S/C21H17N5O.C16H12ClN3O.C5H6N2/c27-21-16-12-18(25-17(16)8-11-23-21)15-3-1-2-13-4-5-19(26-20(13)15)24-14-6-9-22-10-7-14;17-14-5-4-9-2-1-3-10(15(9)20-14)13-8-11-12(19-13)6-7-18-16(11)21;6-5-1-3-7-4-2-5/h1-7,9-10,12,25H,8,11H2,(H,23,27)(H,22,24,26);1-5,8,19H,6-7H2,(H,18,21);1-4H,(H2,6,7). The number of halogens is 1. The molecular formula is C42H35ClN10O2. The van der Waals surface area contributed by atoms with Crippen LogP contribution in [0.4, 0.5) is 17.2 Å². The van der Waals surface area contributed by atoms with E-state index in [1.165, 1.54) is 0 Å². The van der Waals surface area contributed by atoms with Crippen LogP contribution in [0.2, 0.25) is 5.15 Å². The summed E-state index contributed by atoms with van der Waals surface area (Å²) in [5.41, 5.74) is 15.9. The van der Waals surface area contributed by atoms with Crippen molar-refractivity contribution < 1.29 is 9.59 Å². The molecule has 2 aromatic carbocycles. The van der Waals surface area contributed by atoms with Gasteiger partial charge in [-0.15, -0.1) is 0 Å². The zero-order chi connectivity index (χ0) is 37.7. The molecule has 272 valence electrons. The Hall–Kier alpha value is -7.05. The number of hydrogen-bond donors (Lipinski definition) is 6. The summed E-state index contributed by atoms with van der Waals surface area (Å²) in [7, 11) is 0. The average molecular weight is 747 g/mol. The van der Waals surface area contributed by atoms with E-state index in [1.54, 1.807) is 43.0 Å². The first-order chi connectivity index (χ1) is 26.9. The lowest BCUT2D eigenvalue weighted by Crippen LogP contribution is -2.31. The van der Waals surface area contributed by atoms with Crippen LogP contribution in [0.5, 0.6) is 0 Å². The highest BCUT2D eigenvalue weighted by Crippen LogP contribution is 2.32. The molecule has 0 fully saturated rings. The maximum Gasteiger partial charge on any atom is 0.253 e. The van der Waals surface area contributed by atoms with Crippen molar-refractivity contribution in [3.8, 4) is 22.5 Å². The number of nitrogens with two attached hydrogens (primary N) is 1. The zero-order valence-corrected chi connectivity index (χ0v) is 30.2. The molecule has 0 saturated heterocycles. The van der Waals surface area contributed by atoms with Gasteiger partial charge in [-0.25, -0.2) is 9.97 Å². The monoisotopic (exact) mass is 746 g/mol. The Kier molecular flexibility index (Phi) is 9.87. The van der Waals surface area contributed by atoms with Gasteiger partial charge in [0.25, 0.3) is 11.8 Å². The molecule has 0 saturated carbocycles. The molecule has 0 radical (unpaired) electrons. The van der Waals surface area contributed by atoms with Crippen LogP contribution in [0.15, 0.2) is 122 Å². The number of H-pyrrole nitrogens is 2. The number of nitrogens with one attached hydrogen (secondary N) is 5. The van der Waals surface area contributed by atoms with Crippen molar-refractivity contribution in [3.63, 3.8) is 0 Å². The lowest BCUT2D eigenvalue weighted by atomic mass is 10.1. The van der Waals surface area contributed by atoms with E-state index in [1.807, 2.05) is 78.9 Å². The third-order valence-electron chi connectivity index (χ3n) is 9.25. The quantitative estimate of drug-likeness (QED) is 0.100. The number of pyridine rings is 4. The van der Waals surface area contributed by atoms with Crippen molar-refractivity contribution in [1.82, 2.24) is 40.5 Å². The van der Waals surface area contributed by atoms with Gasteiger partial charge >= 0.3 is 0 Å².